The van der Waals surface area contributed by atoms with E-state index in [0.29, 0.717) is 12.8 Å². The standard InChI is InChI=1S/C19H25ClFN3O4S/c1-14(25)22-19(7-3-2-4-8-19)18(26)23-9-11-24(12-10-23)29(27,28)15-5-6-17(21)16(20)13-15/h5-6,13H,2-4,7-12H2,1H3,(H,22,25). The third-order valence-electron chi connectivity index (χ3n) is 5.59. The zero-order chi connectivity index (χ0) is 21.2. The maximum absolute atomic E-state index is 13.4. The van der Waals surface area contributed by atoms with Gasteiger partial charge in [-0.2, -0.15) is 4.31 Å². The predicted molar refractivity (Wildman–Crippen MR) is 106 cm³/mol. The molecule has 0 spiro atoms. The van der Waals surface area contributed by atoms with E-state index >= 15 is 0 Å². The number of carbonyl (C=O) groups is 2. The van der Waals surface area contributed by atoms with Crippen molar-refractivity contribution in [2.75, 3.05) is 26.2 Å². The summed E-state index contributed by atoms with van der Waals surface area (Å²) in [6.45, 7) is 2.11. The van der Waals surface area contributed by atoms with Crippen LogP contribution < -0.4 is 5.32 Å². The number of sulfonamides is 1. The van der Waals surface area contributed by atoms with Gasteiger partial charge in [-0.25, -0.2) is 12.8 Å². The third-order valence-corrected chi connectivity index (χ3v) is 7.77. The second-order valence-corrected chi connectivity index (χ2v) is 9.94. The van der Waals surface area contributed by atoms with Crippen LogP contribution in [0.25, 0.3) is 0 Å². The number of benzene rings is 1. The molecular formula is C19H25ClFN3O4S. The van der Waals surface area contributed by atoms with Gasteiger partial charge in [0.2, 0.25) is 21.8 Å². The fourth-order valence-corrected chi connectivity index (χ4v) is 5.80. The quantitative estimate of drug-likeness (QED) is 0.769. The predicted octanol–water partition coefficient (Wildman–Crippen LogP) is 2.15. The highest BCUT2D eigenvalue weighted by Crippen LogP contribution is 2.31. The summed E-state index contributed by atoms with van der Waals surface area (Å²) < 4.78 is 40.3. The number of rotatable bonds is 4. The van der Waals surface area contributed by atoms with E-state index in [0.717, 1.165) is 31.4 Å². The number of amides is 2. The first-order valence-corrected chi connectivity index (χ1v) is 11.5. The van der Waals surface area contributed by atoms with Crippen LogP contribution in [-0.4, -0.2) is 61.2 Å². The molecule has 2 amide bonds. The van der Waals surface area contributed by atoms with Crippen molar-refractivity contribution in [1.82, 2.24) is 14.5 Å². The van der Waals surface area contributed by atoms with Crippen LogP contribution in [0.4, 0.5) is 4.39 Å². The largest absolute Gasteiger partial charge is 0.342 e. The lowest BCUT2D eigenvalue weighted by Gasteiger charge is -2.42. The van der Waals surface area contributed by atoms with Crippen molar-refractivity contribution in [2.45, 2.75) is 49.5 Å². The Morgan fingerprint density at radius 3 is 2.28 bits per heavy atom. The lowest BCUT2D eigenvalue weighted by molar-refractivity contribution is -0.144. The normalized spacial score (nSPS) is 20.3. The van der Waals surface area contributed by atoms with Crippen LogP contribution in [0.15, 0.2) is 23.1 Å². The van der Waals surface area contributed by atoms with Crippen LogP contribution in [0, 0.1) is 5.82 Å². The van der Waals surface area contributed by atoms with Crippen molar-refractivity contribution in [1.29, 1.82) is 0 Å². The van der Waals surface area contributed by atoms with Crippen LogP contribution in [0.3, 0.4) is 0 Å². The maximum Gasteiger partial charge on any atom is 0.248 e. The molecule has 7 nitrogen and oxygen atoms in total. The fourth-order valence-electron chi connectivity index (χ4n) is 4.11. The first-order chi connectivity index (χ1) is 13.7. The van der Waals surface area contributed by atoms with E-state index in [-0.39, 0.29) is 47.9 Å². The van der Waals surface area contributed by atoms with Gasteiger partial charge in [-0.15, -0.1) is 0 Å². The molecule has 1 saturated heterocycles. The molecule has 2 aliphatic rings. The summed E-state index contributed by atoms with van der Waals surface area (Å²) in [6.07, 6.45) is 3.95. The monoisotopic (exact) mass is 445 g/mol. The smallest absolute Gasteiger partial charge is 0.248 e. The summed E-state index contributed by atoms with van der Waals surface area (Å²) in [5.74, 6) is -1.07. The van der Waals surface area contributed by atoms with Gasteiger partial charge in [0.25, 0.3) is 0 Å². The Hall–Kier alpha value is -1.71. The van der Waals surface area contributed by atoms with Crippen LogP contribution in [0.5, 0.6) is 0 Å². The molecule has 1 aromatic carbocycles. The van der Waals surface area contributed by atoms with E-state index < -0.39 is 21.4 Å². The van der Waals surface area contributed by atoms with Crippen LogP contribution in [0.2, 0.25) is 5.02 Å². The highest BCUT2D eigenvalue weighted by Gasteiger charge is 2.44. The molecular weight excluding hydrogens is 421 g/mol. The molecule has 0 atom stereocenters. The molecule has 3 rings (SSSR count). The number of halogens is 2. The number of carbonyl (C=O) groups excluding carboxylic acids is 2. The summed E-state index contributed by atoms with van der Waals surface area (Å²) in [4.78, 5) is 26.4. The van der Waals surface area contributed by atoms with E-state index in [9.17, 15) is 22.4 Å². The van der Waals surface area contributed by atoms with Crippen molar-refractivity contribution in [3.63, 3.8) is 0 Å². The van der Waals surface area contributed by atoms with Gasteiger partial charge >= 0.3 is 0 Å². The Bertz CT molecular complexity index is 895. The molecule has 0 bridgehead atoms. The zero-order valence-electron chi connectivity index (χ0n) is 16.3. The fraction of sp³-hybridized carbons (Fsp3) is 0.579. The number of nitrogens with one attached hydrogen (secondary N) is 1. The average Bonchev–Trinajstić information content (AvgIpc) is 2.69. The summed E-state index contributed by atoms with van der Waals surface area (Å²) in [6, 6.07) is 3.30. The third kappa shape index (κ3) is 4.57. The topological polar surface area (TPSA) is 86.8 Å². The SMILES string of the molecule is CC(=O)NC1(C(=O)N2CCN(S(=O)(=O)c3ccc(F)c(Cl)c3)CC2)CCCCC1. The molecule has 2 fully saturated rings. The molecule has 1 aliphatic heterocycles. The number of hydrogen-bond acceptors (Lipinski definition) is 4. The Balaban J connectivity index is 1.71. The van der Waals surface area contributed by atoms with Gasteiger partial charge in [0.05, 0.1) is 9.92 Å². The van der Waals surface area contributed by atoms with E-state index in [1.54, 1.807) is 4.90 Å². The summed E-state index contributed by atoms with van der Waals surface area (Å²) in [5, 5.41) is 2.60. The molecule has 0 aromatic heterocycles. The summed E-state index contributed by atoms with van der Waals surface area (Å²) >= 11 is 5.72. The first-order valence-electron chi connectivity index (χ1n) is 9.69. The van der Waals surface area contributed by atoms with Crippen molar-refractivity contribution in [3.8, 4) is 0 Å². The molecule has 1 aliphatic carbocycles. The van der Waals surface area contributed by atoms with E-state index in [2.05, 4.69) is 5.32 Å². The van der Waals surface area contributed by atoms with Crippen LogP contribution in [0.1, 0.15) is 39.0 Å². The lowest BCUT2D eigenvalue weighted by atomic mass is 9.80. The van der Waals surface area contributed by atoms with E-state index in [1.165, 1.54) is 17.3 Å². The minimum Gasteiger partial charge on any atom is -0.342 e. The highest BCUT2D eigenvalue weighted by molar-refractivity contribution is 7.89. The Morgan fingerprint density at radius 1 is 1.10 bits per heavy atom. The molecule has 29 heavy (non-hydrogen) atoms. The Morgan fingerprint density at radius 2 is 1.72 bits per heavy atom. The number of piperazine rings is 1. The zero-order valence-corrected chi connectivity index (χ0v) is 17.9. The molecule has 1 heterocycles. The van der Waals surface area contributed by atoms with E-state index in [4.69, 9.17) is 11.6 Å². The molecule has 1 N–H and O–H groups in total. The van der Waals surface area contributed by atoms with Crippen molar-refractivity contribution < 1.29 is 22.4 Å². The number of hydrogen-bond donors (Lipinski definition) is 1. The maximum atomic E-state index is 13.4. The van der Waals surface area contributed by atoms with Crippen molar-refractivity contribution in [3.05, 3.63) is 29.0 Å². The Kier molecular flexibility index (Phi) is 6.50. The van der Waals surface area contributed by atoms with Gasteiger partial charge in [-0.05, 0) is 31.0 Å². The van der Waals surface area contributed by atoms with Gasteiger partial charge < -0.3 is 10.2 Å². The molecule has 10 heteroatoms. The average molecular weight is 446 g/mol. The minimum atomic E-state index is -3.83. The van der Waals surface area contributed by atoms with E-state index in [1.807, 2.05) is 0 Å². The summed E-state index contributed by atoms with van der Waals surface area (Å²) in [7, 11) is -3.83. The van der Waals surface area contributed by atoms with Gasteiger partial charge in [0.15, 0.2) is 0 Å². The molecule has 160 valence electrons. The van der Waals surface area contributed by atoms with Crippen molar-refractivity contribution >= 4 is 33.4 Å². The summed E-state index contributed by atoms with van der Waals surface area (Å²) in [5.41, 5.74) is -0.893. The second-order valence-electron chi connectivity index (χ2n) is 7.60. The van der Waals surface area contributed by atoms with Gasteiger partial charge in [0.1, 0.15) is 11.4 Å². The lowest BCUT2D eigenvalue weighted by Crippen LogP contribution is -2.63. The highest BCUT2D eigenvalue weighted by atomic mass is 35.5. The molecule has 1 aromatic rings. The van der Waals surface area contributed by atoms with Crippen molar-refractivity contribution in [2.24, 2.45) is 0 Å². The Labute approximate surface area is 175 Å². The number of nitrogens with zero attached hydrogens (tertiary/aromatic N) is 2. The van der Waals surface area contributed by atoms with Crippen LogP contribution in [-0.2, 0) is 19.6 Å². The van der Waals surface area contributed by atoms with Gasteiger partial charge in [-0.1, -0.05) is 30.9 Å². The first kappa shape index (κ1) is 22.0. The minimum absolute atomic E-state index is 0.0781. The van der Waals surface area contributed by atoms with Gasteiger partial charge in [-0.3, -0.25) is 9.59 Å². The second kappa shape index (κ2) is 8.57. The van der Waals surface area contributed by atoms with Gasteiger partial charge in [0, 0.05) is 33.1 Å². The molecule has 0 unspecified atom stereocenters. The molecule has 1 saturated carbocycles. The molecule has 0 radical (unpaired) electrons. The van der Waals surface area contributed by atoms with Crippen LogP contribution >= 0.6 is 11.6 Å².